The van der Waals surface area contributed by atoms with Crippen LogP contribution >= 0.6 is 0 Å². The van der Waals surface area contributed by atoms with Crippen LogP contribution in [-0.2, 0) is 22.6 Å². The van der Waals surface area contributed by atoms with E-state index in [9.17, 15) is 9.59 Å². The number of carbonyl (C=O) groups is 2. The van der Waals surface area contributed by atoms with Gasteiger partial charge in [-0.3, -0.25) is 15.2 Å². The SMILES string of the molecule is CC.CNc1nc2cccc(-c3ccc(OCc4cc(C)on4)cc3)n2n1.Cc1n[nH]c(C)c1CCOc1ccc(-c2cccc3nc(NC(=O)C(C)C)nn23)cc1.O=CC1CC1. The number of nitrogens with one attached hydrogen (secondary N) is 3. The van der Waals surface area contributed by atoms with E-state index in [0.29, 0.717) is 36.7 Å². The topological polar surface area (TPSA) is 192 Å². The van der Waals surface area contributed by atoms with Crippen molar-refractivity contribution in [1.29, 1.82) is 0 Å². The van der Waals surface area contributed by atoms with Crippen LogP contribution in [0.4, 0.5) is 11.9 Å². The third-order valence-electron chi connectivity index (χ3n) is 9.78. The zero-order chi connectivity index (χ0) is 44.9. The predicted octanol–water partition coefficient (Wildman–Crippen LogP) is 8.89. The van der Waals surface area contributed by atoms with Crippen molar-refractivity contribution < 1.29 is 23.6 Å². The lowest BCUT2D eigenvalue weighted by atomic mass is 10.1. The Hall–Kier alpha value is -7.36. The molecule has 6 aromatic heterocycles. The molecule has 1 aliphatic carbocycles. The van der Waals surface area contributed by atoms with Gasteiger partial charge in [-0.2, -0.15) is 15.1 Å². The summed E-state index contributed by atoms with van der Waals surface area (Å²) in [5, 5.41) is 25.8. The van der Waals surface area contributed by atoms with E-state index in [1.54, 1.807) is 11.6 Å². The lowest BCUT2D eigenvalue weighted by molar-refractivity contribution is -0.119. The first-order valence-corrected chi connectivity index (χ1v) is 21.1. The molecule has 9 rings (SSSR count). The molecule has 1 saturated carbocycles. The van der Waals surface area contributed by atoms with Crippen molar-refractivity contribution in [2.45, 2.75) is 74.3 Å². The Morgan fingerprint density at radius 2 is 1.41 bits per heavy atom. The second-order valence-corrected chi connectivity index (χ2v) is 14.9. The second-order valence-electron chi connectivity index (χ2n) is 14.9. The molecule has 0 bridgehead atoms. The van der Waals surface area contributed by atoms with Gasteiger partial charge in [0, 0.05) is 48.2 Å². The van der Waals surface area contributed by atoms with Crippen molar-refractivity contribution in [1.82, 2.24) is 44.6 Å². The number of aromatic amines is 1. The molecule has 8 aromatic rings. The minimum absolute atomic E-state index is 0.111. The molecule has 0 aliphatic heterocycles. The molecule has 3 N–H and O–H groups in total. The van der Waals surface area contributed by atoms with Gasteiger partial charge >= 0.3 is 0 Å². The Balaban J connectivity index is 0.000000185. The first-order valence-electron chi connectivity index (χ1n) is 21.1. The fourth-order valence-electron chi connectivity index (χ4n) is 6.19. The highest BCUT2D eigenvalue weighted by atomic mass is 16.5. The largest absolute Gasteiger partial charge is 0.493 e. The Morgan fingerprint density at radius 3 is 1.89 bits per heavy atom. The molecule has 0 radical (unpaired) electrons. The van der Waals surface area contributed by atoms with Crippen molar-refractivity contribution in [3.63, 3.8) is 0 Å². The molecule has 6 heterocycles. The number of carbonyl (C=O) groups excluding carboxylic acids is 2. The van der Waals surface area contributed by atoms with Gasteiger partial charge in [-0.1, -0.05) is 45.0 Å². The first kappa shape index (κ1) is 45.2. The molecule has 0 spiro atoms. The van der Waals surface area contributed by atoms with Gasteiger partial charge in [0.2, 0.25) is 17.8 Å². The number of benzene rings is 2. The summed E-state index contributed by atoms with van der Waals surface area (Å²) in [5.41, 5.74) is 9.39. The van der Waals surface area contributed by atoms with Crippen LogP contribution in [0.1, 0.15) is 68.9 Å². The van der Waals surface area contributed by atoms with Crippen molar-refractivity contribution in [3.05, 3.63) is 119 Å². The van der Waals surface area contributed by atoms with E-state index < -0.39 is 0 Å². The highest BCUT2D eigenvalue weighted by Gasteiger charge is 2.19. The zero-order valence-corrected chi connectivity index (χ0v) is 37.0. The van der Waals surface area contributed by atoms with Crippen LogP contribution in [-0.4, -0.2) is 70.4 Å². The van der Waals surface area contributed by atoms with Gasteiger partial charge < -0.3 is 24.1 Å². The molecular weight excluding hydrogens is 799 g/mol. The van der Waals surface area contributed by atoms with E-state index in [1.807, 2.05) is 144 Å². The van der Waals surface area contributed by atoms with Crippen LogP contribution in [0, 0.1) is 32.6 Å². The molecule has 1 fully saturated rings. The minimum atomic E-state index is -0.139. The summed E-state index contributed by atoms with van der Waals surface area (Å²) in [6, 6.07) is 29.2. The number of aryl methyl sites for hydroxylation is 3. The van der Waals surface area contributed by atoms with Crippen LogP contribution in [0.2, 0.25) is 0 Å². The summed E-state index contributed by atoms with van der Waals surface area (Å²) in [6.45, 7) is 14.5. The Labute approximate surface area is 366 Å². The summed E-state index contributed by atoms with van der Waals surface area (Å²) in [5.74, 6) is 3.45. The number of hydrogen-bond donors (Lipinski definition) is 3. The van der Waals surface area contributed by atoms with Gasteiger partial charge in [-0.25, -0.2) is 9.03 Å². The van der Waals surface area contributed by atoms with Gasteiger partial charge in [0.05, 0.1) is 23.7 Å². The number of aromatic nitrogens is 9. The van der Waals surface area contributed by atoms with Crippen LogP contribution in [0.25, 0.3) is 33.8 Å². The van der Waals surface area contributed by atoms with Gasteiger partial charge in [-0.15, -0.1) is 10.2 Å². The molecule has 2 aromatic carbocycles. The standard InChI is InChI=1S/C23H26N6O2.C18H17N5O2.C4H6O.C2H6/c1-14(2)22(30)25-23-24-21-7-5-6-20(29(21)28-23)17-8-10-18(11-9-17)31-13-12-19-15(3)26-27-16(19)4;1-12-10-14(22-25-12)11-24-15-8-6-13(7-9-15)16-4-3-5-17-20-18(19-2)21-23(16)17;5-3-4-1-2-4;1-2/h5-11,14H,12-13H2,1-4H3,(H,26,27)(H,25,28,30);3-10H,11H2,1-2H3,(H,19,21);3-4H,1-2H2;1-2H3. The lowest BCUT2D eigenvalue weighted by Crippen LogP contribution is -2.18. The molecule has 0 atom stereocenters. The number of rotatable bonds is 13. The predicted molar refractivity (Wildman–Crippen MR) is 243 cm³/mol. The number of aldehydes is 1. The van der Waals surface area contributed by atoms with Gasteiger partial charge in [0.25, 0.3) is 0 Å². The van der Waals surface area contributed by atoms with Crippen molar-refractivity contribution in [3.8, 4) is 34.0 Å². The van der Waals surface area contributed by atoms with Gasteiger partial charge in [-0.05, 0) is 112 Å². The van der Waals surface area contributed by atoms with Crippen molar-refractivity contribution in [2.24, 2.45) is 11.8 Å². The molecule has 16 nitrogen and oxygen atoms in total. The normalized spacial score (nSPS) is 11.8. The third kappa shape index (κ3) is 11.9. The number of ether oxygens (including phenoxy) is 2. The highest BCUT2D eigenvalue weighted by Crippen LogP contribution is 2.27. The lowest BCUT2D eigenvalue weighted by Gasteiger charge is -2.08. The van der Waals surface area contributed by atoms with E-state index in [-0.39, 0.29) is 11.8 Å². The highest BCUT2D eigenvalue weighted by molar-refractivity contribution is 5.90. The average Bonchev–Trinajstić information content (AvgIpc) is 3.52. The van der Waals surface area contributed by atoms with Crippen LogP contribution in [0.5, 0.6) is 11.5 Å². The quantitative estimate of drug-likeness (QED) is 0.0935. The number of pyridine rings is 2. The maximum atomic E-state index is 12.0. The van der Waals surface area contributed by atoms with E-state index in [0.717, 1.165) is 88.1 Å². The molecular formula is C47H55N11O5. The molecule has 16 heteroatoms. The summed E-state index contributed by atoms with van der Waals surface area (Å²) in [7, 11) is 1.80. The minimum Gasteiger partial charge on any atom is -0.493 e. The molecule has 63 heavy (non-hydrogen) atoms. The maximum Gasteiger partial charge on any atom is 0.249 e. The Morgan fingerprint density at radius 1 is 0.841 bits per heavy atom. The van der Waals surface area contributed by atoms with E-state index >= 15 is 0 Å². The number of fused-ring (bicyclic) bond motifs is 2. The number of anilines is 2. The Kier molecular flexibility index (Phi) is 15.4. The van der Waals surface area contributed by atoms with E-state index in [2.05, 4.69) is 46.2 Å². The molecule has 1 aliphatic rings. The second kappa shape index (κ2) is 21.4. The summed E-state index contributed by atoms with van der Waals surface area (Å²) < 4.78 is 20.2. The van der Waals surface area contributed by atoms with E-state index in [4.69, 9.17) is 14.0 Å². The fraction of sp³-hybridized carbons (Fsp3) is 0.319. The van der Waals surface area contributed by atoms with Crippen molar-refractivity contribution in [2.75, 3.05) is 24.3 Å². The maximum absolute atomic E-state index is 12.0. The average molecular weight is 854 g/mol. The molecule has 0 unspecified atom stereocenters. The summed E-state index contributed by atoms with van der Waals surface area (Å²) in [6.07, 6.45) is 4.12. The van der Waals surface area contributed by atoms with Crippen LogP contribution in [0.15, 0.2) is 95.5 Å². The molecule has 1 amide bonds. The number of H-pyrrole nitrogens is 1. The van der Waals surface area contributed by atoms with Gasteiger partial charge in [0.15, 0.2) is 11.3 Å². The first-order chi connectivity index (χ1) is 30.6. The van der Waals surface area contributed by atoms with Crippen LogP contribution in [0.3, 0.4) is 0 Å². The van der Waals surface area contributed by atoms with E-state index in [1.165, 1.54) is 5.56 Å². The summed E-state index contributed by atoms with van der Waals surface area (Å²) >= 11 is 0. The van der Waals surface area contributed by atoms with Crippen LogP contribution < -0.4 is 20.1 Å². The summed E-state index contributed by atoms with van der Waals surface area (Å²) in [4.78, 5) is 30.3. The third-order valence-corrected chi connectivity index (χ3v) is 9.78. The number of hydrogen-bond acceptors (Lipinski definition) is 12. The fourth-order valence-corrected chi connectivity index (χ4v) is 6.19. The zero-order valence-electron chi connectivity index (χ0n) is 37.0. The number of nitrogens with zero attached hydrogens (tertiary/aromatic N) is 8. The van der Waals surface area contributed by atoms with Gasteiger partial charge in [0.1, 0.15) is 35.8 Å². The Bertz CT molecular complexity index is 2690. The molecule has 328 valence electrons. The molecule has 0 saturated heterocycles. The monoisotopic (exact) mass is 853 g/mol. The van der Waals surface area contributed by atoms with Crippen molar-refractivity contribution >= 4 is 35.4 Å². The smallest absolute Gasteiger partial charge is 0.249 e. The number of amides is 1.